The van der Waals surface area contributed by atoms with E-state index in [1.54, 1.807) is 24.3 Å². The Morgan fingerprint density at radius 2 is 1.89 bits per heavy atom. The van der Waals surface area contributed by atoms with Gasteiger partial charge in [-0.3, -0.25) is 19.3 Å². The van der Waals surface area contributed by atoms with Gasteiger partial charge in [-0.05, 0) is 17.2 Å². The molecule has 8 nitrogen and oxygen atoms in total. The maximum absolute atomic E-state index is 13.6. The van der Waals surface area contributed by atoms with Gasteiger partial charge < -0.3 is 15.8 Å². The molecule has 0 aliphatic carbocycles. The Kier molecular flexibility index (Phi) is 7.15. The van der Waals surface area contributed by atoms with Gasteiger partial charge in [-0.15, -0.1) is 0 Å². The first-order valence-corrected chi connectivity index (χ1v) is 11.9. The Labute approximate surface area is 211 Å². The molecule has 3 N–H and O–H groups in total. The standard InChI is InChI=1S/C25H21ClN4O4S/c1-34-19(31)11-18-24(33)30-22(28)16(12-27)20(15-9-5-6-10-17(15)26)21(25(30)35-18)23(32)29-13-14-7-3-2-4-8-14/h2-10,18,20H,11,13,28H2,1H3,(H,29,32)/t18-,20+/m1/s1. The molecular weight excluding hydrogens is 488 g/mol. The zero-order chi connectivity index (χ0) is 25.1. The number of halogens is 1. The summed E-state index contributed by atoms with van der Waals surface area (Å²) in [7, 11) is 1.23. The van der Waals surface area contributed by atoms with E-state index in [9.17, 15) is 19.6 Å². The van der Waals surface area contributed by atoms with Crippen molar-refractivity contribution in [2.24, 2.45) is 5.73 Å². The summed E-state index contributed by atoms with van der Waals surface area (Å²) in [6.07, 6.45) is -0.204. The lowest BCUT2D eigenvalue weighted by Gasteiger charge is -2.32. The first-order valence-electron chi connectivity index (χ1n) is 10.6. The average molecular weight is 509 g/mol. The second kappa shape index (κ2) is 10.3. The van der Waals surface area contributed by atoms with Crippen molar-refractivity contribution >= 4 is 41.1 Å². The number of ether oxygens (including phenoxy) is 1. The van der Waals surface area contributed by atoms with E-state index in [2.05, 4.69) is 11.4 Å². The first-order chi connectivity index (χ1) is 16.9. The molecule has 2 aliphatic heterocycles. The van der Waals surface area contributed by atoms with Gasteiger partial charge in [-0.1, -0.05) is 71.9 Å². The number of thioether (sulfide) groups is 1. The topological polar surface area (TPSA) is 126 Å². The zero-order valence-corrected chi connectivity index (χ0v) is 20.2. The third-order valence-corrected chi connectivity index (χ3v) is 7.36. The van der Waals surface area contributed by atoms with E-state index < -0.39 is 29.0 Å². The highest BCUT2D eigenvalue weighted by molar-refractivity contribution is 8.04. The van der Waals surface area contributed by atoms with Gasteiger partial charge in [0, 0.05) is 11.6 Å². The fourth-order valence-corrected chi connectivity index (χ4v) is 5.61. The van der Waals surface area contributed by atoms with Crippen molar-refractivity contribution in [3.8, 4) is 6.07 Å². The fourth-order valence-electron chi connectivity index (χ4n) is 4.04. The molecule has 1 saturated heterocycles. The molecule has 0 saturated carbocycles. The lowest BCUT2D eigenvalue weighted by Crippen LogP contribution is -2.40. The molecule has 2 atom stereocenters. The molecule has 10 heteroatoms. The average Bonchev–Trinajstić information content (AvgIpc) is 3.19. The van der Waals surface area contributed by atoms with Crippen LogP contribution in [0, 0.1) is 11.3 Å². The van der Waals surface area contributed by atoms with Crippen molar-refractivity contribution in [3.05, 3.63) is 92.7 Å². The van der Waals surface area contributed by atoms with Gasteiger partial charge in [0.05, 0.1) is 41.7 Å². The number of nitrogens with two attached hydrogens (primary N) is 1. The van der Waals surface area contributed by atoms with Crippen LogP contribution in [0.4, 0.5) is 0 Å². The number of hydrogen-bond donors (Lipinski definition) is 2. The van der Waals surface area contributed by atoms with E-state index in [-0.39, 0.29) is 35.0 Å². The van der Waals surface area contributed by atoms with Crippen molar-refractivity contribution in [2.45, 2.75) is 24.1 Å². The normalized spacial score (nSPS) is 19.3. The molecule has 1 fully saturated rings. The number of benzene rings is 2. The summed E-state index contributed by atoms with van der Waals surface area (Å²) in [4.78, 5) is 39.9. The fraction of sp³-hybridized carbons (Fsp3) is 0.200. The quantitative estimate of drug-likeness (QED) is 0.574. The Morgan fingerprint density at radius 1 is 1.20 bits per heavy atom. The van der Waals surface area contributed by atoms with E-state index in [0.717, 1.165) is 22.2 Å². The van der Waals surface area contributed by atoms with Gasteiger partial charge >= 0.3 is 5.97 Å². The molecule has 0 spiro atoms. The Balaban J connectivity index is 1.83. The lowest BCUT2D eigenvalue weighted by molar-refractivity contribution is -0.142. The summed E-state index contributed by atoms with van der Waals surface area (Å²) in [5.74, 6) is -2.52. The third kappa shape index (κ3) is 4.63. The number of nitrogens with zero attached hydrogens (tertiary/aromatic N) is 2. The number of allylic oxidation sites excluding steroid dienone is 1. The van der Waals surface area contributed by atoms with Crippen LogP contribution in [0.3, 0.4) is 0 Å². The molecule has 0 unspecified atom stereocenters. The van der Waals surface area contributed by atoms with E-state index in [1.807, 2.05) is 30.3 Å². The van der Waals surface area contributed by atoms with Crippen molar-refractivity contribution in [1.29, 1.82) is 5.26 Å². The van der Waals surface area contributed by atoms with Crippen molar-refractivity contribution < 1.29 is 19.1 Å². The summed E-state index contributed by atoms with van der Waals surface area (Å²) in [5.41, 5.74) is 7.91. The van der Waals surface area contributed by atoms with Crippen molar-refractivity contribution in [1.82, 2.24) is 10.2 Å². The molecule has 2 amide bonds. The summed E-state index contributed by atoms with van der Waals surface area (Å²) < 4.78 is 4.72. The largest absolute Gasteiger partial charge is 0.469 e. The van der Waals surface area contributed by atoms with Crippen LogP contribution >= 0.6 is 23.4 Å². The zero-order valence-electron chi connectivity index (χ0n) is 18.7. The minimum atomic E-state index is -0.895. The molecule has 4 rings (SSSR count). The predicted octanol–water partition coefficient (Wildman–Crippen LogP) is 3.17. The van der Waals surface area contributed by atoms with Crippen LogP contribution in [-0.4, -0.2) is 35.0 Å². The van der Waals surface area contributed by atoms with Crippen LogP contribution in [0.1, 0.15) is 23.5 Å². The van der Waals surface area contributed by atoms with Crippen LogP contribution in [0.25, 0.3) is 0 Å². The number of hydrogen-bond acceptors (Lipinski definition) is 7. The Bertz CT molecular complexity index is 1300. The van der Waals surface area contributed by atoms with Crippen LogP contribution in [0.5, 0.6) is 0 Å². The predicted molar refractivity (Wildman–Crippen MR) is 131 cm³/mol. The molecule has 2 aliphatic rings. The second-order valence-corrected chi connectivity index (χ2v) is 9.41. The highest BCUT2D eigenvalue weighted by Gasteiger charge is 2.48. The minimum Gasteiger partial charge on any atom is -0.469 e. The summed E-state index contributed by atoms with van der Waals surface area (Å²) in [6.45, 7) is 0.233. The lowest BCUT2D eigenvalue weighted by atomic mass is 9.82. The number of nitriles is 1. The molecule has 2 aromatic rings. The summed E-state index contributed by atoms with van der Waals surface area (Å²) >= 11 is 7.54. The van der Waals surface area contributed by atoms with E-state index in [1.165, 1.54) is 7.11 Å². The third-order valence-electron chi connectivity index (χ3n) is 5.73. The van der Waals surface area contributed by atoms with Crippen LogP contribution < -0.4 is 11.1 Å². The number of nitrogens with one attached hydrogen (secondary N) is 1. The molecule has 0 radical (unpaired) electrons. The van der Waals surface area contributed by atoms with E-state index >= 15 is 0 Å². The highest BCUT2D eigenvalue weighted by Crippen LogP contribution is 2.50. The monoisotopic (exact) mass is 508 g/mol. The second-order valence-electron chi connectivity index (χ2n) is 7.81. The van der Waals surface area contributed by atoms with E-state index in [0.29, 0.717) is 10.6 Å². The van der Waals surface area contributed by atoms with Crippen LogP contribution in [-0.2, 0) is 25.7 Å². The van der Waals surface area contributed by atoms with Gasteiger partial charge in [0.15, 0.2) is 0 Å². The van der Waals surface area contributed by atoms with Crippen LogP contribution in [0.15, 0.2) is 76.6 Å². The number of carbonyl (C=O) groups is 3. The first kappa shape index (κ1) is 24.4. The molecule has 35 heavy (non-hydrogen) atoms. The van der Waals surface area contributed by atoms with Crippen LogP contribution in [0.2, 0.25) is 5.02 Å². The van der Waals surface area contributed by atoms with Gasteiger partial charge in [-0.25, -0.2) is 0 Å². The molecule has 0 bridgehead atoms. The number of methoxy groups -OCH3 is 1. The van der Waals surface area contributed by atoms with Gasteiger partial charge in [0.25, 0.3) is 5.91 Å². The number of carbonyl (C=O) groups excluding carboxylic acids is 3. The number of amides is 2. The minimum absolute atomic E-state index is 0.0272. The number of esters is 1. The highest BCUT2D eigenvalue weighted by atomic mass is 35.5. The van der Waals surface area contributed by atoms with Crippen molar-refractivity contribution in [2.75, 3.05) is 7.11 Å². The molecule has 178 valence electrons. The molecular formula is C25H21ClN4O4S. The van der Waals surface area contributed by atoms with Gasteiger partial charge in [0.2, 0.25) is 5.91 Å². The molecule has 2 heterocycles. The number of fused-ring (bicyclic) bond motifs is 1. The van der Waals surface area contributed by atoms with Gasteiger partial charge in [-0.2, -0.15) is 5.26 Å². The maximum Gasteiger partial charge on any atom is 0.307 e. The molecule has 2 aromatic carbocycles. The summed E-state index contributed by atoms with van der Waals surface area (Å²) in [6, 6.07) is 18.3. The Morgan fingerprint density at radius 3 is 2.54 bits per heavy atom. The summed E-state index contributed by atoms with van der Waals surface area (Å²) in [5, 5.41) is 12.7. The van der Waals surface area contributed by atoms with Gasteiger partial charge in [0.1, 0.15) is 11.1 Å². The number of rotatable bonds is 6. The maximum atomic E-state index is 13.6. The molecule has 0 aromatic heterocycles. The van der Waals surface area contributed by atoms with E-state index in [4.69, 9.17) is 22.1 Å². The van der Waals surface area contributed by atoms with Crippen molar-refractivity contribution in [3.63, 3.8) is 0 Å². The Hall–Kier alpha value is -3.74. The smallest absolute Gasteiger partial charge is 0.307 e. The SMILES string of the molecule is COC(=O)C[C@H]1SC2=C(C(=O)NCc3ccccc3)[C@@H](c3ccccc3Cl)C(C#N)=C(N)N2C1=O.